The van der Waals surface area contributed by atoms with Crippen LogP contribution in [0.1, 0.15) is 23.7 Å². The minimum absolute atomic E-state index is 0.310. The van der Waals surface area contributed by atoms with Gasteiger partial charge in [-0.25, -0.2) is 4.79 Å². The summed E-state index contributed by atoms with van der Waals surface area (Å²) in [5.41, 5.74) is 8.11. The molecule has 19 heavy (non-hydrogen) atoms. The fourth-order valence-electron chi connectivity index (χ4n) is 2.15. The van der Waals surface area contributed by atoms with Gasteiger partial charge in [0.05, 0.1) is 30.2 Å². The second kappa shape index (κ2) is 6.43. The van der Waals surface area contributed by atoms with Gasteiger partial charge in [-0.3, -0.25) is 0 Å². The van der Waals surface area contributed by atoms with E-state index in [0.717, 1.165) is 31.8 Å². The van der Waals surface area contributed by atoms with E-state index in [4.69, 9.17) is 15.2 Å². The standard InChI is InChI=1S/C14H20N2O3/c1-2-19-14(17)11-4-5-12(15)13(10-11)16-6-3-8-18-9-7-16/h4-5,10H,2-3,6-9,15H2,1H3. The van der Waals surface area contributed by atoms with Gasteiger partial charge < -0.3 is 20.1 Å². The van der Waals surface area contributed by atoms with Crippen molar-refractivity contribution in [3.63, 3.8) is 0 Å². The molecule has 104 valence electrons. The highest BCUT2D eigenvalue weighted by molar-refractivity contribution is 5.92. The zero-order chi connectivity index (χ0) is 13.7. The largest absolute Gasteiger partial charge is 0.462 e. The lowest BCUT2D eigenvalue weighted by Gasteiger charge is -2.24. The molecule has 5 heteroatoms. The van der Waals surface area contributed by atoms with E-state index in [2.05, 4.69) is 4.90 Å². The molecule has 0 saturated carbocycles. The topological polar surface area (TPSA) is 64.8 Å². The van der Waals surface area contributed by atoms with Crippen molar-refractivity contribution in [3.8, 4) is 0 Å². The van der Waals surface area contributed by atoms with Crippen molar-refractivity contribution in [3.05, 3.63) is 23.8 Å². The molecule has 1 aromatic carbocycles. The highest BCUT2D eigenvalue weighted by atomic mass is 16.5. The van der Waals surface area contributed by atoms with Crippen LogP contribution in [0, 0.1) is 0 Å². The number of carbonyl (C=O) groups is 1. The number of hydrogen-bond donors (Lipinski definition) is 1. The molecular formula is C14H20N2O3. The summed E-state index contributed by atoms with van der Waals surface area (Å²) in [5.74, 6) is -0.310. The third kappa shape index (κ3) is 3.38. The predicted molar refractivity (Wildman–Crippen MR) is 74.5 cm³/mol. The van der Waals surface area contributed by atoms with Crippen molar-refractivity contribution in [2.75, 3.05) is 43.5 Å². The first-order chi connectivity index (χ1) is 9.22. The quantitative estimate of drug-likeness (QED) is 0.664. The molecule has 2 N–H and O–H groups in total. The molecule has 1 aliphatic rings. The number of benzene rings is 1. The zero-order valence-electron chi connectivity index (χ0n) is 11.2. The summed E-state index contributed by atoms with van der Waals surface area (Å²) < 4.78 is 10.4. The third-order valence-corrected chi connectivity index (χ3v) is 3.10. The van der Waals surface area contributed by atoms with Gasteiger partial charge >= 0.3 is 5.97 Å². The van der Waals surface area contributed by atoms with Crippen molar-refractivity contribution in [2.45, 2.75) is 13.3 Å². The van der Waals surface area contributed by atoms with Crippen molar-refractivity contribution >= 4 is 17.3 Å². The van der Waals surface area contributed by atoms with Gasteiger partial charge in [-0.2, -0.15) is 0 Å². The maximum atomic E-state index is 11.8. The molecule has 0 radical (unpaired) electrons. The third-order valence-electron chi connectivity index (χ3n) is 3.10. The Morgan fingerprint density at radius 1 is 1.42 bits per heavy atom. The van der Waals surface area contributed by atoms with E-state index in [1.807, 2.05) is 0 Å². The summed E-state index contributed by atoms with van der Waals surface area (Å²) in [4.78, 5) is 13.9. The molecular weight excluding hydrogens is 244 g/mol. The predicted octanol–water partition coefficient (Wildman–Crippen LogP) is 1.67. The molecule has 0 atom stereocenters. The lowest BCUT2D eigenvalue weighted by Crippen LogP contribution is -2.27. The number of rotatable bonds is 3. The number of nitrogens with zero attached hydrogens (tertiary/aromatic N) is 1. The first-order valence-electron chi connectivity index (χ1n) is 6.61. The molecule has 0 aliphatic carbocycles. The van der Waals surface area contributed by atoms with Crippen LogP contribution in [0.4, 0.5) is 11.4 Å². The van der Waals surface area contributed by atoms with Crippen LogP contribution in [0.15, 0.2) is 18.2 Å². The van der Waals surface area contributed by atoms with Gasteiger partial charge in [0.15, 0.2) is 0 Å². The van der Waals surface area contributed by atoms with E-state index >= 15 is 0 Å². The number of nitrogens with two attached hydrogens (primary N) is 1. The Hall–Kier alpha value is -1.75. The molecule has 5 nitrogen and oxygen atoms in total. The molecule has 1 aliphatic heterocycles. The van der Waals surface area contributed by atoms with Crippen molar-refractivity contribution in [2.24, 2.45) is 0 Å². The Labute approximate surface area is 113 Å². The number of ether oxygens (including phenoxy) is 2. The van der Waals surface area contributed by atoms with Crippen LogP contribution in [0.3, 0.4) is 0 Å². The fraction of sp³-hybridized carbons (Fsp3) is 0.500. The summed E-state index contributed by atoms with van der Waals surface area (Å²) in [6.45, 7) is 5.29. The molecule has 0 unspecified atom stereocenters. The smallest absolute Gasteiger partial charge is 0.338 e. The van der Waals surface area contributed by atoms with Gasteiger partial charge in [0.2, 0.25) is 0 Å². The zero-order valence-corrected chi connectivity index (χ0v) is 11.2. The molecule has 1 aromatic rings. The van der Waals surface area contributed by atoms with Crippen LogP contribution in [0.25, 0.3) is 0 Å². The Bertz CT molecular complexity index is 440. The fourth-order valence-corrected chi connectivity index (χ4v) is 2.15. The molecule has 1 saturated heterocycles. The molecule has 0 spiro atoms. The summed E-state index contributed by atoms with van der Waals surface area (Å²) in [5, 5.41) is 0. The average molecular weight is 264 g/mol. The monoisotopic (exact) mass is 264 g/mol. The maximum absolute atomic E-state index is 11.8. The Kier molecular flexibility index (Phi) is 4.63. The molecule has 1 heterocycles. The number of nitrogen functional groups attached to an aromatic ring is 1. The van der Waals surface area contributed by atoms with E-state index in [-0.39, 0.29) is 5.97 Å². The van der Waals surface area contributed by atoms with Crippen molar-refractivity contribution < 1.29 is 14.3 Å². The van der Waals surface area contributed by atoms with Crippen LogP contribution in [0.2, 0.25) is 0 Å². The van der Waals surface area contributed by atoms with E-state index in [0.29, 0.717) is 24.5 Å². The van der Waals surface area contributed by atoms with Crippen LogP contribution >= 0.6 is 0 Å². The van der Waals surface area contributed by atoms with E-state index in [9.17, 15) is 4.79 Å². The van der Waals surface area contributed by atoms with Gasteiger partial charge in [0.1, 0.15) is 0 Å². The van der Waals surface area contributed by atoms with Crippen molar-refractivity contribution in [1.29, 1.82) is 0 Å². The second-order valence-corrected chi connectivity index (χ2v) is 4.45. The van der Waals surface area contributed by atoms with E-state index in [1.165, 1.54) is 0 Å². The van der Waals surface area contributed by atoms with Gasteiger partial charge in [0.25, 0.3) is 0 Å². The number of anilines is 2. The molecule has 0 bridgehead atoms. The second-order valence-electron chi connectivity index (χ2n) is 4.45. The van der Waals surface area contributed by atoms with Gasteiger partial charge in [-0.15, -0.1) is 0 Å². The molecule has 2 rings (SSSR count). The summed E-state index contributed by atoms with van der Waals surface area (Å²) >= 11 is 0. The number of carbonyl (C=O) groups excluding carboxylic acids is 1. The summed E-state index contributed by atoms with van der Waals surface area (Å²) in [6, 6.07) is 5.26. The van der Waals surface area contributed by atoms with Crippen LogP contribution in [0.5, 0.6) is 0 Å². The van der Waals surface area contributed by atoms with Crippen LogP contribution < -0.4 is 10.6 Å². The first kappa shape index (κ1) is 13.7. The molecule has 1 fully saturated rings. The van der Waals surface area contributed by atoms with E-state index in [1.54, 1.807) is 25.1 Å². The maximum Gasteiger partial charge on any atom is 0.338 e. The summed E-state index contributed by atoms with van der Waals surface area (Å²) in [6.07, 6.45) is 0.961. The SMILES string of the molecule is CCOC(=O)c1ccc(N)c(N2CCCOCC2)c1. The van der Waals surface area contributed by atoms with Crippen LogP contribution in [-0.2, 0) is 9.47 Å². The Morgan fingerprint density at radius 3 is 3.05 bits per heavy atom. The van der Waals surface area contributed by atoms with Gasteiger partial charge in [-0.05, 0) is 31.5 Å². The average Bonchev–Trinajstić information content (AvgIpc) is 2.68. The molecule has 0 aromatic heterocycles. The van der Waals surface area contributed by atoms with Crippen LogP contribution in [-0.4, -0.2) is 38.9 Å². The lowest BCUT2D eigenvalue weighted by atomic mass is 10.1. The normalized spacial score (nSPS) is 15.9. The lowest BCUT2D eigenvalue weighted by molar-refractivity contribution is 0.0526. The minimum Gasteiger partial charge on any atom is -0.462 e. The summed E-state index contributed by atoms with van der Waals surface area (Å²) in [7, 11) is 0. The minimum atomic E-state index is -0.310. The number of esters is 1. The highest BCUT2D eigenvalue weighted by Crippen LogP contribution is 2.26. The molecule has 0 amide bonds. The van der Waals surface area contributed by atoms with Gasteiger partial charge in [-0.1, -0.05) is 0 Å². The van der Waals surface area contributed by atoms with Gasteiger partial charge in [0, 0.05) is 19.7 Å². The number of hydrogen-bond acceptors (Lipinski definition) is 5. The van der Waals surface area contributed by atoms with Crippen molar-refractivity contribution in [1.82, 2.24) is 0 Å². The highest BCUT2D eigenvalue weighted by Gasteiger charge is 2.15. The Balaban J connectivity index is 2.22. The Morgan fingerprint density at radius 2 is 2.26 bits per heavy atom. The first-order valence-corrected chi connectivity index (χ1v) is 6.61. The van der Waals surface area contributed by atoms with E-state index < -0.39 is 0 Å².